The van der Waals surface area contributed by atoms with Crippen molar-refractivity contribution in [2.45, 2.75) is 12.8 Å². The Morgan fingerprint density at radius 1 is 1.47 bits per heavy atom. The van der Waals surface area contributed by atoms with E-state index in [1.807, 2.05) is 22.9 Å². The molecule has 4 nitrogen and oxygen atoms in total. The lowest BCUT2D eigenvalue weighted by Gasteiger charge is -2.11. The molecule has 0 aromatic carbocycles. The third kappa shape index (κ3) is 1.75. The Labute approximate surface area is 99.0 Å². The van der Waals surface area contributed by atoms with Crippen molar-refractivity contribution < 1.29 is 14.5 Å². The summed E-state index contributed by atoms with van der Waals surface area (Å²) in [6.45, 7) is 0.820. The number of hydrogen-bond donors (Lipinski definition) is 1. The second kappa shape index (κ2) is 3.80. The highest BCUT2D eigenvalue weighted by Gasteiger charge is 2.29. The van der Waals surface area contributed by atoms with Gasteiger partial charge in [-0.25, -0.2) is 14.4 Å². The SMILES string of the molecule is O=C(O)C[N+]1=CC2=NC3=CC=CCC3=C2CC1. The predicted molar refractivity (Wildman–Crippen MR) is 64.6 cm³/mol. The summed E-state index contributed by atoms with van der Waals surface area (Å²) in [4.78, 5) is 15.2. The molecule has 0 unspecified atom stereocenters. The molecule has 3 aliphatic rings. The molecule has 0 saturated carbocycles. The Morgan fingerprint density at radius 2 is 2.35 bits per heavy atom. The molecule has 0 fully saturated rings. The molecule has 0 atom stereocenters. The molecule has 1 aliphatic carbocycles. The van der Waals surface area contributed by atoms with E-state index in [0.717, 1.165) is 30.8 Å². The molecule has 0 radical (unpaired) electrons. The smallest absolute Gasteiger partial charge is 0.369 e. The number of carboxylic acids is 1. The topological polar surface area (TPSA) is 52.7 Å². The summed E-state index contributed by atoms with van der Waals surface area (Å²) in [6, 6.07) is 0. The van der Waals surface area contributed by atoms with Gasteiger partial charge >= 0.3 is 5.97 Å². The monoisotopic (exact) mass is 229 g/mol. The van der Waals surface area contributed by atoms with E-state index in [4.69, 9.17) is 5.11 Å². The van der Waals surface area contributed by atoms with Crippen LogP contribution in [0.3, 0.4) is 0 Å². The van der Waals surface area contributed by atoms with Gasteiger partial charge in [0.2, 0.25) is 6.54 Å². The van der Waals surface area contributed by atoms with Gasteiger partial charge in [0.05, 0.1) is 5.70 Å². The van der Waals surface area contributed by atoms with Crippen LogP contribution < -0.4 is 0 Å². The molecule has 0 aromatic rings. The van der Waals surface area contributed by atoms with E-state index in [2.05, 4.69) is 11.1 Å². The molecule has 0 amide bonds. The maximum absolute atomic E-state index is 10.7. The summed E-state index contributed by atoms with van der Waals surface area (Å²) in [7, 11) is 0. The lowest BCUT2D eigenvalue weighted by atomic mass is 9.95. The van der Waals surface area contributed by atoms with Crippen molar-refractivity contribution in [3.8, 4) is 0 Å². The minimum absolute atomic E-state index is 0.0545. The first-order chi connectivity index (χ1) is 8.24. The first kappa shape index (κ1) is 10.2. The Morgan fingerprint density at radius 3 is 3.18 bits per heavy atom. The van der Waals surface area contributed by atoms with Crippen LogP contribution in [-0.4, -0.2) is 40.7 Å². The Balaban J connectivity index is 1.95. The second-order valence-electron chi connectivity index (χ2n) is 4.38. The molecule has 2 heterocycles. The molecule has 86 valence electrons. The van der Waals surface area contributed by atoms with E-state index < -0.39 is 5.97 Å². The Bertz CT molecular complexity index is 548. The zero-order valence-corrected chi connectivity index (χ0v) is 9.39. The van der Waals surface area contributed by atoms with Crippen molar-refractivity contribution in [1.82, 2.24) is 0 Å². The van der Waals surface area contributed by atoms with E-state index >= 15 is 0 Å². The van der Waals surface area contributed by atoms with E-state index in [1.54, 1.807) is 0 Å². The van der Waals surface area contributed by atoms with Gasteiger partial charge in [-0.15, -0.1) is 0 Å². The van der Waals surface area contributed by atoms with E-state index in [0.29, 0.717) is 0 Å². The summed E-state index contributed by atoms with van der Waals surface area (Å²) in [6.07, 6.45) is 9.89. The van der Waals surface area contributed by atoms with Crippen LogP contribution >= 0.6 is 0 Å². The standard InChI is InChI=1S/C13H12N2O2/c16-13(17)8-15-6-5-10-9-3-1-2-4-11(9)14-12(10)7-15/h1-2,4,7H,3,5-6,8H2/p+1. The quantitative estimate of drug-likeness (QED) is 0.722. The van der Waals surface area contributed by atoms with Gasteiger partial charge in [-0.2, -0.15) is 0 Å². The van der Waals surface area contributed by atoms with E-state index in [9.17, 15) is 4.79 Å². The van der Waals surface area contributed by atoms with Crippen molar-refractivity contribution in [2.75, 3.05) is 13.1 Å². The van der Waals surface area contributed by atoms with Gasteiger partial charge in [-0.05, 0) is 23.6 Å². The van der Waals surface area contributed by atoms with E-state index in [-0.39, 0.29) is 6.54 Å². The van der Waals surface area contributed by atoms with Crippen LogP contribution in [0.4, 0.5) is 0 Å². The number of carboxylic acid groups (broad SMARTS) is 1. The van der Waals surface area contributed by atoms with Gasteiger partial charge in [0, 0.05) is 6.42 Å². The zero-order valence-electron chi connectivity index (χ0n) is 9.39. The minimum Gasteiger partial charge on any atom is -0.477 e. The average Bonchev–Trinajstić information content (AvgIpc) is 2.65. The van der Waals surface area contributed by atoms with Gasteiger partial charge in [0.1, 0.15) is 12.3 Å². The maximum atomic E-state index is 10.7. The van der Waals surface area contributed by atoms with Gasteiger partial charge < -0.3 is 5.11 Å². The number of allylic oxidation sites excluding steroid dienone is 4. The minimum atomic E-state index is -0.797. The van der Waals surface area contributed by atoms with Crippen LogP contribution in [-0.2, 0) is 4.79 Å². The molecule has 0 saturated heterocycles. The van der Waals surface area contributed by atoms with Crippen molar-refractivity contribution >= 4 is 17.9 Å². The van der Waals surface area contributed by atoms with Crippen LogP contribution in [0, 0.1) is 0 Å². The molecular formula is C13H13N2O2+. The Hall–Kier alpha value is -1.97. The molecule has 4 heteroatoms. The van der Waals surface area contributed by atoms with Gasteiger partial charge in [-0.1, -0.05) is 12.2 Å². The molecule has 0 aromatic heterocycles. The summed E-state index contributed by atoms with van der Waals surface area (Å²) in [5.74, 6) is -0.797. The predicted octanol–water partition coefficient (Wildman–Crippen LogP) is 1.15. The lowest BCUT2D eigenvalue weighted by molar-refractivity contribution is -0.512. The largest absolute Gasteiger partial charge is 0.477 e. The molecule has 3 rings (SSSR count). The average molecular weight is 229 g/mol. The van der Waals surface area contributed by atoms with E-state index in [1.165, 1.54) is 11.1 Å². The molecule has 17 heavy (non-hydrogen) atoms. The van der Waals surface area contributed by atoms with Gasteiger partial charge in [0.25, 0.3) is 0 Å². The van der Waals surface area contributed by atoms with Gasteiger partial charge in [-0.3, -0.25) is 0 Å². The summed E-state index contributed by atoms with van der Waals surface area (Å²) >= 11 is 0. The van der Waals surface area contributed by atoms with Crippen LogP contribution in [0.1, 0.15) is 12.8 Å². The van der Waals surface area contributed by atoms with Crippen LogP contribution in [0.15, 0.2) is 40.1 Å². The van der Waals surface area contributed by atoms with Crippen molar-refractivity contribution in [3.63, 3.8) is 0 Å². The molecule has 0 spiro atoms. The van der Waals surface area contributed by atoms with Gasteiger partial charge in [0.15, 0.2) is 6.21 Å². The lowest BCUT2D eigenvalue weighted by Crippen LogP contribution is -2.30. The second-order valence-corrected chi connectivity index (χ2v) is 4.38. The Kier molecular flexibility index (Phi) is 2.28. The van der Waals surface area contributed by atoms with Crippen LogP contribution in [0.2, 0.25) is 0 Å². The first-order valence-corrected chi connectivity index (χ1v) is 5.73. The third-order valence-electron chi connectivity index (χ3n) is 3.23. The number of hydrogen-bond acceptors (Lipinski definition) is 2. The van der Waals surface area contributed by atoms with Crippen molar-refractivity contribution in [1.29, 1.82) is 0 Å². The molecule has 2 aliphatic heterocycles. The van der Waals surface area contributed by atoms with Crippen LogP contribution in [0.25, 0.3) is 0 Å². The number of carbonyl (C=O) groups is 1. The van der Waals surface area contributed by atoms with Crippen LogP contribution in [0.5, 0.6) is 0 Å². The fourth-order valence-corrected chi connectivity index (χ4v) is 2.46. The van der Waals surface area contributed by atoms with Crippen molar-refractivity contribution in [3.05, 3.63) is 35.1 Å². The highest BCUT2D eigenvalue weighted by atomic mass is 16.4. The summed E-state index contributed by atoms with van der Waals surface area (Å²) in [5, 5.41) is 8.78. The number of rotatable bonds is 2. The summed E-state index contributed by atoms with van der Waals surface area (Å²) in [5.41, 5.74) is 4.60. The number of fused-ring (bicyclic) bond motifs is 2. The number of aliphatic carboxylic acids is 1. The fourth-order valence-electron chi connectivity index (χ4n) is 2.46. The highest BCUT2D eigenvalue weighted by Crippen LogP contribution is 2.33. The zero-order chi connectivity index (χ0) is 11.8. The normalized spacial score (nSPS) is 21.5. The first-order valence-electron chi connectivity index (χ1n) is 5.73. The van der Waals surface area contributed by atoms with Crippen molar-refractivity contribution in [2.24, 2.45) is 4.99 Å². The molecule has 0 bridgehead atoms. The number of nitrogens with zero attached hydrogens (tertiary/aromatic N) is 2. The molecular weight excluding hydrogens is 216 g/mol. The third-order valence-corrected chi connectivity index (χ3v) is 3.23. The fraction of sp³-hybridized carbons (Fsp3) is 0.308. The highest BCUT2D eigenvalue weighted by molar-refractivity contribution is 6.38. The molecule has 1 N–H and O–H groups in total. The maximum Gasteiger partial charge on any atom is 0.369 e. The number of aliphatic imine (C=N–C) groups is 1. The summed E-state index contributed by atoms with van der Waals surface area (Å²) < 4.78 is 1.82.